The van der Waals surface area contributed by atoms with Gasteiger partial charge >= 0.3 is 0 Å². The molecule has 2 rings (SSSR count). The molecule has 20 heavy (non-hydrogen) atoms. The van der Waals surface area contributed by atoms with Gasteiger partial charge in [-0.2, -0.15) is 0 Å². The van der Waals surface area contributed by atoms with E-state index in [9.17, 15) is 10.1 Å². The van der Waals surface area contributed by atoms with Crippen LogP contribution < -0.4 is 4.74 Å². The number of ether oxygens (including phenoxy) is 1. The van der Waals surface area contributed by atoms with Crippen molar-refractivity contribution in [2.45, 2.75) is 0 Å². The fraction of sp³-hybridized carbons (Fsp3) is 0.0714. The van der Waals surface area contributed by atoms with Gasteiger partial charge < -0.3 is 4.74 Å². The molecule has 0 radical (unpaired) electrons. The van der Waals surface area contributed by atoms with E-state index in [1.165, 1.54) is 12.1 Å². The van der Waals surface area contributed by atoms with Crippen LogP contribution in [0.3, 0.4) is 0 Å². The molecule has 0 aromatic heterocycles. The van der Waals surface area contributed by atoms with E-state index in [1.54, 1.807) is 43.7 Å². The number of rotatable bonds is 4. The van der Waals surface area contributed by atoms with Crippen molar-refractivity contribution < 1.29 is 9.66 Å². The number of non-ortho nitro benzene ring substituents is 1. The van der Waals surface area contributed by atoms with Gasteiger partial charge in [0.2, 0.25) is 0 Å². The second-order valence-corrected chi connectivity index (χ2v) is 4.33. The lowest BCUT2D eigenvalue weighted by Crippen LogP contribution is -1.88. The Morgan fingerprint density at radius 1 is 1.25 bits per heavy atom. The summed E-state index contributed by atoms with van der Waals surface area (Å²) < 4.78 is 5.05. The van der Waals surface area contributed by atoms with Crippen LogP contribution in [0.25, 0.3) is 0 Å². The lowest BCUT2D eigenvalue weighted by atomic mass is 10.2. The number of nitro groups is 1. The fourth-order valence-corrected chi connectivity index (χ4v) is 1.82. The molecule has 5 nitrogen and oxygen atoms in total. The van der Waals surface area contributed by atoms with Gasteiger partial charge in [-0.3, -0.25) is 15.1 Å². The number of benzene rings is 2. The molecule has 0 saturated carbocycles. The molecule has 0 aliphatic carbocycles. The predicted molar refractivity (Wildman–Crippen MR) is 78.4 cm³/mol. The van der Waals surface area contributed by atoms with Gasteiger partial charge in [-0.25, -0.2) is 0 Å². The van der Waals surface area contributed by atoms with Crippen LogP contribution in [0.2, 0.25) is 5.02 Å². The van der Waals surface area contributed by atoms with Crippen molar-refractivity contribution in [3.63, 3.8) is 0 Å². The zero-order valence-corrected chi connectivity index (χ0v) is 11.4. The highest BCUT2D eigenvalue weighted by molar-refractivity contribution is 6.32. The molecule has 0 spiro atoms. The molecular weight excluding hydrogens is 280 g/mol. The normalized spacial score (nSPS) is 10.7. The number of hydrogen-bond acceptors (Lipinski definition) is 4. The molecule has 0 atom stereocenters. The number of hydrogen-bond donors (Lipinski definition) is 0. The molecule has 102 valence electrons. The predicted octanol–water partition coefficient (Wildman–Crippen LogP) is 4.01. The number of nitro benzene ring substituents is 1. The minimum Gasteiger partial charge on any atom is -0.495 e. The molecule has 2 aromatic rings. The van der Waals surface area contributed by atoms with E-state index in [2.05, 4.69) is 4.99 Å². The topological polar surface area (TPSA) is 64.7 Å². The number of halogens is 1. The molecule has 0 saturated heterocycles. The van der Waals surface area contributed by atoms with Crippen LogP contribution in [0.4, 0.5) is 11.4 Å². The highest BCUT2D eigenvalue weighted by atomic mass is 35.5. The highest BCUT2D eigenvalue weighted by Gasteiger charge is 2.03. The number of aliphatic imine (C=N–C) groups is 1. The third kappa shape index (κ3) is 3.33. The smallest absolute Gasteiger partial charge is 0.269 e. The summed E-state index contributed by atoms with van der Waals surface area (Å²) in [6.45, 7) is 0. The van der Waals surface area contributed by atoms with Gasteiger partial charge in [-0.05, 0) is 35.9 Å². The van der Waals surface area contributed by atoms with Crippen LogP contribution in [0, 0.1) is 10.1 Å². The summed E-state index contributed by atoms with van der Waals surface area (Å²) in [4.78, 5) is 14.3. The van der Waals surface area contributed by atoms with Gasteiger partial charge in [0, 0.05) is 18.3 Å². The van der Waals surface area contributed by atoms with Crippen LogP contribution in [-0.4, -0.2) is 18.2 Å². The number of nitrogens with zero attached hydrogens (tertiary/aromatic N) is 2. The van der Waals surface area contributed by atoms with E-state index in [0.717, 1.165) is 5.56 Å². The van der Waals surface area contributed by atoms with Crippen LogP contribution in [0.15, 0.2) is 47.5 Å². The van der Waals surface area contributed by atoms with Crippen LogP contribution in [0.5, 0.6) is 5.75 Å². The summed E-state index contributed by atoms with van der Waals surface area (Å²) in [6, 6.07) is 11.3. The molecule has 0 aliphatic heterocycles. The molecular formula is C14H11ClN2O3. The fourth-order valence-electron chi connectivity index (χ4n) is 1.57. The molecule has 0 bridgehead atoms. The maximum Gasteiger partial charge on any atom is 0.269 e. The summed E-state index contributed by atoms with van der Waals surface area (Å²) in [5.41, 5.74) is 1.49. The Morgan fingerprint density at radius 3 is 2.50 bits per heavy atom. The third-order valence-corrected chi connectivity index (χ3v) is 2.90. The molecule has 0 unspecified atom stereocenters. The minimum atomic E-state index is -0.440. The monoisotopic (exact) mass is 290 g/mol. The lowest BCUT2D eigenvalue weighted by molar-refractivity contribution is -0.384. The first-order valence-electron chi connectivity index (χ1n) is 5.72. The Labute approximate surface area is 120 Å². The molecule has 0 amide bonds. The summed E-state index contributed by atoms with van der Waals surface area (Å²) in [5.74, 6) is 0.584. The van der Waals surface area contributed by atoms with Crippen LogP contribution in [-0.2, 0) is 0 Å². The Balaban J connectivity index is 2.16. The SMILES string of the molecule is COc1ccc(N=Cc2ccc([N+](=O)[O-])cc2)cc1Cl. The molecule has 0 aliphatic rings. The Hall–Kier alpha value is -2.40. The zero-order valence-electron chi connectivity index (χ0n) is 10.6. The first-order chi connectivity index (χ1) is 9.60. The third-order valence-electron chi connectivity index (χ3n) is 2.60. The zero-order chi connectivity index (χ0) is 14.5. The summed E-state index contributed by atoms with van der Waals surface area (Å²) in [5, 5.41) is 11.0. The largest absolute Gasteiger partial charge is 0.495 e. The minimum absolute atomic E-state index is 0.0506. The van der Waals surface area contributed by atoms with Crippen molar-refractivity contribution in [2.75, 3.05) is 7.11 Å². The molecule has 2 aromatic carbocycles. The van der Waals surface area contributed by atoms with Gasteiger partial charge in [-0.15, -0.1) is 0 Å². The summed E-state index contributed by atoms with van der Waals surface area (Å²) >= 11 is 5.99. The maximum atomic E-state index is 10.5. The van der Waals surface area contributed by atoms with E-state index in [4.69, 9.17) is 16.3 Å². The first-order valence-corrected chi connectivity index (χ1v) is 6.10. The molecule has 0 fully saturated rings. The quantitative estimate of drug-likeness (QED) is 0.485. The maximum absolute atomic E-state index is 10.5. The average molecular weight is 291 g/mol. The first kappa shape index (κ1) is 14.0. The van der Waals surface area contributed by atoms with Crippen LogP contribution >= 0.6 is 11.6 Å². The lowest BCUT2D eigenvalue weighted by Gasteiger charge is -2.02. The Kier molecular flexibility index (Phi) is 4.32. The van der Waals surface area contributed by atoms with Crippen LogP contribution in [0.1, 0.15) is 5.56 Å². The van der Waals surface area contributed by atoms with E-state index in [1.807, 2.05) is 0 Å². The van der Waals surface area contributed by atoms with Crippen molar-refractivity contribution in [1.82, 2.24) is 0 Å². The van der Waals surface area contributed by atoms with Crippen molar-refractivity contribution in [3.8, 4) is 5.75 Å². The Bertz CT molecular complexity index is 654. The van der Waals surface area contributed by atoms with Gasteiger partial charge in [0.1, 0.15) is 5.75 Å². The highest BCUT2D eigenvalue weighted by Crippen LogP contribution is 2.28. The van der Waals surface area contributed by atoms with Gasteiger partial charge in [0.05, 0.1) is 22.7 Å². The number of methoxy groups -OCH3 is 1. The van der Waals surface area contributed by atoms with Gasteiger partial charge in [-0.1, -0.05) is 11.6 Å². The average Bonchev–Trinajstić information content (AvgIpc) is 2.45. The van der Waals surface area contributed by atoms with Crippen molar-refractivity contribution >= 4 is 29.2 Å². The van der Waals surface area contributed by atoms with Crippen molar-refractivity contribution in [1.29, 1.82) is 0 Å². The van der Waals surface area contributed by atoms with E-state index >= 15 is 0 Å². The van der Waals surface area contributed by atoms with Gasteiger partial charge in [0.15, 0.2) is 0 Å². The van der Waals surface area contributed by atoms with E-state index in [-0.39, 0.29) is 5.69 Å². The second kappa shape index (κ2) is 6.16. The van der Waals surface area contributed by atoms with E-state index in [0.29, 0.717) is 16.5 Å². The molecule has 0 N–H and O–H groups in total. The Morgan fingerprint density at radius 2 is 1.95 bits per heavy atom. The van der Waals surface area contributed by atoms with Gasteiger partial charge in [0.25, 0.3) is 5.69 Å². The van der Waals surface area contributed by atoms with Crippen molar-refractivity contribution in [2.24, 2.45) is 4.99 Å². The standard InChI is InChI=1S/C14H11ClN2O3/c1-20-14-7-4-11(8-13(14)15)16-9-10-2-5-12(6-3-10)17(18)19/h2-9H,1H3. The molecule has 0 heterocycles. The second-order valence-electron chi connectivity index (χ2n) is 3.93. The van der Waals surface area contributed by atoms with Crippen molar-refractivity contribution in [3.05, 3.63) is 63.2 Å². The summed E-state index contributed by atoms with van der Waals surface area (Å²) in [7, 11) is 1.54. The molecule has 6 heteroatoms. The van der Waals surface area contributed by atoms with E-state index < -0.39 is 4.92 Å². The summed E-state index contributed by atoms with van der Waals surface area (Å²) in [6.07, 6.45) is 1.61.